The Bertz CT molecular complexity index is 3280. The third-order valence-corrected chi connectivity index (χ3v) is 15.5. The topological polar surface area (TPSA) is 161 Å². The summed E-state index contributed by atoms with van der Waals surface area (Å²) >= 11 is 0. The van der Waals surface area contributed by atoms with Gasteiger partial charge in [-0.25, -0.2) is 9.97 Å². The Hall–Kier alpha value is -6.68. The first-order chi connectivity index (χ1) is 32.1. The minimum absolute atomic E-state index is 0.703. The number of hydrogen-bond donors (Lipinski definition) is 6. The van der Waals surface area contributed by atoms with Crippen LogP contribution in [0.15, 0.2) is 97.1 Å². The molecule has 0 saturated heterocycles. The van der Waals surface area contributed by atoms with E-state index in [1.165, 1.54) is 0 Å². The van der Waals surface area contributed by atoms with Crippen LogP contribution in [-0.4, -0.2) is 19.9 Å². The van der Waals surface area contributed by atoms with E-state index in [2.05, 4.69) is 214 Å². The maximum atomic E-state index is 7.77. The fraction of sp³-hybridized carbons (Fsp3) is 0.267. The molecule has 8 nitrogen and oxygen atoms in total. The molecule has 0 amide bonds. The maximum absolute atomic E-state index is 7.77. The van der Waals surface area contributed by atoms with E-state index in [4.69, 9.17) is 32.9 Å². The smallest absolute Gasteiger partial charge is 0.0713 e. The maximum Gasteiger partial charge on any atom is 0.0713 e. The highest BCUT2D eigenvalue weighted by Gasteiger charge is 2.37. The predicted octanol–water partition coefficient (Wildman–Crippen LogP) is 12.0. The van der Waals surface area contributed by atoms with Crippen LogP contribution < -0.4 is 22.9 Å². The zero-order valence-electron chi connectivity index (χ0n) is 41.8. The van der Waals surface area contributed by atoms with Crippen LogP contribution in [0.1, 0.15) is 139 Å². The van der Waals surface area contributed by atoms with E-state index in [1.807, 2.05) is 0 Å². The van der Waals surface area contributed by atoms with Crippen LogP contribution >= 0.6 is 0 Å². The van der Waals surface area contributed by atoms with Gasteiger partial charge < -0.3 is 32.9 Å². The summed E-state index contributed by atoms with van der Waals surface area (Å²) in [5.74, 6) is 0. The Morgan fingerprint density at radius 2 is 0.559 bits per heavy atom. The van der Waals surface area contributed by atoms with Gasteiger partial charge in [-0.3, -0.25) is 0 Å². The van der Waals surface area contributed by atoms with Crippen LogP contribution in [0.4, 0.5) is 0 Å². The fourth-order valence-corrected chi connectivity index (χ4v) is 11.2. The summed E-state index contributed by atoms with van der Waals surface area (Å²) in [5.41, 5.74) is 49.6. The molecule has 346 valence electrons. The largest absolute Gasteiger partial charge is 0.355 e. The number of hydrogen-bond acceptors (Lipinski definition) is 6. The van der Waals surface area contributed by atoms with E-state index in [9.17, 15) is 0 Å². The lowest BCUT2D eigenvalue weighted by molar-refractivity contribution is 0.588. The molecule has 4 aromatic carbocycles. The Morgan fingerprint density at radius 3 is 0.853 bits per heavy atom. The van der Waals surface area contributed by atoms with Gasteiger partial charge >= 0.3 is 0 Å². The van der Waals surface area contributed by atoms with Crippen LogP contribution in [0, 0.1) is 55.4 Å². The fourth-order valence-electron chi connectivity index (χ4n) is 11.2. The van der Waals surface area contributed by atoms with E-state index in [-0.39, 0.29) is 0 Å². The van der Waals surface area contributed by atoms with E-state index >= 15 is 0 Å². The van der Waals surface area contributed by atoms with Crippen molar-refractivity contribution in [2.75, 3.05) is 0 Å². The van der Waals surface area contributed by atoms with Crippen LogP contribution in [0.25, 0.3) is 46.4 Å². The predicted molar refractivity (Wildman–Crippen MR) is 285 cm³/mol. The first kappa shape index (κ1) is 46.4. The molecule has 2 aliphatic heterocycles. The van der Waals surface area contributed by atoms with Gasteiger partial charge in [-0.15, -0.1) is 0 Å². The van der Waals surface area contributed by atoms with Crippen molar-refractivity contribution in [2.24, 2.45) is 22.9 Å². The molecule has 8 heteroatoms. The third-order valence-electron chi connectivity index (χ3n) is 15.5. The summed E-state index contributed by atoms with van der Waals surface area (Å²) in [4.78, 5) is 19.0. The molecule has 9 rings (SSSR count). The van der Waals surface area contributed by atoms with E-state index < -0.39 is 22.2 Å². The molecule has 4 unspecified atom stereocenters. The summed E-state index contributed by atoms with van der Waals surface area (Å²) in [6, 6.07) is 33.8. The molecule has 4 atom stereocenters. The third kappa shape index (κ3) is 7.38. The number of rotatable bonds is 8. The minimum Gasteiger partial charge on any atom is -0.355 e. The summed E-state index contributed by atoms with van der Waals surface area (Å²) in [7, 11) is 0. The summed E-state index contributed by atoms with van der Waals surface area (Å²) in [6.45, 7) is 25.4. The Labute approximate surface area is 401 Å². The number of nitrogens with one attached hydrogen (secondary N) is 2. The number of aryl methyl sites for hydroxylation is 4. The van der Waals surface area contributed by atoms with Crippen LogP contribution in [0.5, 0.6) is 0 Å². The average molecular weight is 899 g/mol. The van der Waals surface area contributed by atoms with Crippen LogP contribution in [0.3, 0.4) is 0 Å². The van der Waals surface area contributed by atoms with Gasteiger partial charge in [0.2, 0.25) is 0 Å². The van der Waals surface area contributed by atoms with Gasteiger partial charge in [0.25, 0.3) is 0 Å². The lowest BCUT2D eigenvalue weighted by Gasteiger charge is -2.30. The number of aromatic amines is 2. The highest BCUT2D eigenvalue weighted by Crippen LogP contribution is 2.43. The molecular formula is C60H66N8. The SMILES string of the molecule is Cc1cccc(C(C)(N)c2c3nc(c(C(C)(N)c4cccc(C)c4C)c4ccc([nH]4)c(C(C)(N)c4cccc(C)c4C)c4ccc([nH]4)c(C(C)(N)c4cccc(C)c4C)c4nc2C=C4)C=C3)c1C. The molecule has 5 heterocycles. The van der Waals surface area contributed by atoms with Gasteiger partial charge in [0.05, 0.1) is 44.9 Å². The zero-order valence-corrected chi connectivity index (χ0v) is 41.8. The first-order valence-corrected chi connectivity index (χ1v) is 23.7. The molecule has 0 fully saturated rings. The average Bonchev–Trinajstić information content (AvgIpc) is 4.12. The van der Waals surface area contributed by atoms with E-state index in [0.717, 1.165) is 122 Å². The quantitative estimate of drug-likeness (QED) is 0.0890. The van der Waals surface area contributed by atoms with Crippen molar-refractivity contribution in [1.82, 2.24) is 19.9 Å². The number of aromatic nitrogens is 4. The summed E-state index contributed by atoms with van der Waals surface area (Å²) < 4.78 is 0. The molecule has 2 aliphatic rings. The molecular weight excluding hydrogens is 833 g/mol. The van der Waals surface area contributed by atoms with Gasteiger partial charge in [0, 0.05) is 44.3 Å². The lowest BCUT2D eigenvalue weighted by Crippen LogP contribution is -2.37. The normalized spacial score (nSPS) is 16.0. The number of nitrogens with two attached hydrogens (primary N) is 4. The summed E-state index contributed by atoms with van der Waals surface area (Å²) in [6.07, 6.45) is 8.27. The lowest BCUT2D eigenvalue weighted by atomic mass is 9.80. The number of H-pyrrole nitrogens is 2. The highest BCUT2D eigenvalue weighted by molar-refractivity contribution is 5.86. The van der Waals surface area contributed by atoms with Gasteiger partial charge in [-0.2, -0.15) is 0 Å². The Morgan fingerprint density at radius 1 is 0.324 bits per heavy atom. The molecule has 0 saturated carbocycles. The monoisotopic (exact) mass is 899 g/mol. The first-order valence-electron chi connectivity index (χ1n) is 23.7. The summed E-state index contributed by atoms with van der Waals surface area (Å²) in [5, 5.41) is 0. The van der Waals surface area contributed by atoms with E-state index in [1.54, 1.807) is 0 Å². The van der Waals surface area contributed by atoms with Crippen LogP contribution in [0.2, 0.25) is 0 Å². The van der Waals surface area contributed by atoms with Crippen molar-refractivity contribution in [3.05, 3.63) is 209 Å². The van der Waals surface area contributed by atoms with Crippen molar-refractivity contribution in [3.8, 4) is 0 Å². The van der Waals surface area contributed by atoms with Crippen molar-refractivity contribution in [2.45, 2.75) is 105 Å². The van der Waals surface area contributed by atoms with Gasteiger partial charge in [-0.05, 0) is 198 Å². The Balaban J connectivity index is 1.51. The molecule has 10 N–H and O–H groups in total. The van der Waals surface area contributed by atoms with Crippen molar-refractivity contribution in [3.63, 3.8) is 0 Å². The van der Waals surface area contributed by atoms with E-state index in [0.29, 0.717) is 11.4 Å². The van der Waals surface area contributed by atoms with Gasteiger partial charge in [-0.1, -0.05) is 72.8 Å². The van der Waals surface area contributed by atoms with Crippen molar-refractivity contribution < 1.29 is 0 Å². The highest BCUT2D eigenvalue weighted by atomic mass is 14.9. The molecule has 68 heavy (non-hydrogen) atoms. The minimum atomic E-state index is -1.04. The molecule has 0 radical (unpaired) electrons. The number of nitrogens with zero attached hydrogens (tertiary/aromatic N) is 2. The second kappa shape index (κ2) is 16.5. The van der Waals surface area contributed by atoms with Crippen molar-refractivity contribution in [1.29, 1.82) is 0 Å². The van der Waals surface area contributed by atoms with Crippen molar-refractivity contribution >= 4 is 46.4 Å². The molecule has 8 bridgehead atoms. The molecule has 0 aliphatic carbocycles. The zero-order chi connectivity index (χ0) is 48.8. The van der Waals surface area contributed by atoms with Gasteiger partial charge in [0.1, 0.15) is 0 Å². The number of benzene rings is 4. The van der Waals surface area contributed by atoms with Gasteiger partial charge in [0.15, 0.2) is 0 Å². The number of fused-ring (bicyclic) bond motifs is 8. The molecule has 0 spiro atoms. The molecule has 7 aromatic rings. The standard InChI is InChI=1S/C60H66N8/c1-33-17-13-21-41(37(33)5)57(9,61)53-45-25-27-47(65-45)54(58(10,62)42-22-14-18-34(2)38(42)6)49-29-31-51(67-49)56(60(12,64)44-24-16-20-36(4)40(44)8)52-32-30-50(68-52)55(48-28-26-46(53)66-48)59(11,63)43-23-15-19-35(3)39(43)7/h13-32,65-66H,61-64H2,1-12H3. The second-order valence-corrected chi connectivity index (χ2v) is 20.3. The Kier molecular flexibility index (Phi) is 11.3. The van der Waals surface area contributed by atoms with Crippen LogP contribution in [-0.2, 0) is 22.2 Å². The molecule has 3 aromatic heterocycles. The second-order valence-electron chi connectivity index (χ2n) is 20.3.